The Bertz CT molecular complexity index is 205. The highest BCUT2D eigenvalue weighted by atomic mass is 16.6. The Morgan fingerprint density at radius 1 is 1.20 bits per heavy atom. The van der Waals surface area contributed by atoms with Gasteiger partial charge in [-0.2, -0.15) is 0 Å². The van der Waals surface area contributed by atoms with Crippen LogP contribution >= 0.6 is 0 Å². The highest BCUT2D eigenvalue weighted by Gasteiger charge is 2.24. The van der Waals surface area contributed by atoms with Gasteiger partial charge in [0, 0.05) is 13.0 Å². The minimum atomic E-state index is -0.333. The highest BCUT2D eigenvalue weighted by molar-refractivity contribution is 5.83. The third-order valence-corrected chi connectivity index (χ3v) is 2.91. The second-order valence-electron chi connectivity index (χ2n) is 4.07. The third kappa shape index (κ3) is 3.26. The first kappa shape index (κ1) is 11.0. The summed E-state index contributed by atoms with van der Waals surface area (Å²) in [5.74, 6) is 0.158. The molecule has 86 valence electrons. The number of Topliss-reactive ketones (excluding diaryl/α,β-unsaturated/α-hetero) is 1. The minimum absolute atomic E-state index is 0.158. The van der Waals surface area contributed by atoms with Crippen LogP contribution in [0.25, 0.3) is 0 Å². The second kappa shape index (κ2) is 5.58. The average molecular weight is 214 g/mol. The number of carbonyl (C=O) groups is 1. The number of ketones is 1. The maximum absolute atomic E-state index is 11.7. The molecule has 2 aliphatic rings. The van der Waals surface area contributed by atoms with Crippen LogP contribution in [0.2, 0.25) is 0 Å². The van der Waals surface area contributed by atoms with Gasteiger partial charge in [-0.25, -0.2) is 0 Å². The predicted octanol–water partition coefficient (Wildman–Crippen LogP) is 0.930. The van der Waals surface area contributed by atoms with E-state index in [1.165, 1.54) is 0 Å². The molecule has 0 aromatic carbocycles. The first-order valence-corrected chi connectivity index (χ1v) is 5.70. The third-order valence-electron chi connectivity index (χ3n) is 2.91. The molecule has 0 aromatic heterocycles. The standard InChI is InChI=1S/C11H18O4/c12-10(11-8-13-6-7-15-11)4-3-9-2-1-5-14-9/h9,11H,1-8H2. The van der Waals surface area contributed by atoms with Crippen molar-refractivity contribution in [1.29, 1.82) is 0 Å². The molecular formula is C11H18O4. The van der Waals surface area contributed by atoms with E-state index >= 15 is 0 Å². The lowest BCUT2D eigenvalue weighted by molar-refractivity contribution is -0.145. The van der Waals surface area contributed by atoms with Crippen molar-refractivity contribution in [3.8, 4) is 0 Å². The van der Waals surface area contributed by atoms with Crippen molar-refractivity contribution in [2.75, 3.05) is 26.4 Å². The van der Waals surface area contributed by atoms with Crippen LogP contribution in [0, 0.1) is 0 Å². The molecule has 0 spiro atoms. The van der Waals surface area contributed by atoms with Crippen LogP contribution in [0.1, 0.15) is 25.7 Å². The Morgan fingerprint density at radius 2 is 2.13 bits per heavy atom. The van der Waals surface area contributed by atoms with E-state index in [1.54, 1.807) is 0 Å². The van der Waals surface area contributed by atoms with Crippen LogP contribution in [0.15, 0.2) is 0 Å². The summed E-state index contributed by atoms with van der Waals surface area (Å²) in [6.45, 7) is 2.41. The molecule has 2 unspecified atom stereocenters. The van der Waals surface area contributed by atoms with E-state index < -0.39 is 0 Å². The average Bonchev–Trinajstić information content (AvgIpc) is 2.80. The van der Waals surface area contributed by atoms with Crippen molar-refractivity contribution in [1.82, 2.24) is 0 Å². The molecule has 4 heteroatoms. The number of ether oxygens (including phenoxy) is 3. The number of hydrogen-bond acceptors (Lipinski definition) is 4. The first-order valence-electron chi connectivity index (χ1n) is 5.70. The van der Waals surface area contributed by atoms with Gasteiger partial charge in [0.15, 0.2) is 5.78 Å². The van der Waals surface area contributed by atoms with Crippen LogP contribution in [0.4, 0.5) is 0 Å². The van der Waals surface area contributed by atoms with E-state index in [0.717, 1.165) is 25.9 Å². The number of hydrogen-bond donors (Lipinski definition) is 0. The van der Waals surface area contributed by atoms with Crippen LogP contribution in [-0.2, 0) is 19.0 Å². The summed E-state index contributed by atoms with van der Waals surface area (Å²) in [7, 11) is 0. The molecule has 2 heterocycles. The Kier molecular flexibility index (Phi) is 4.11. The minimum Gasteiger partial charge on any atom is -0.378 e. The Balaban J connectivity index is 1.66. The predicted molar refractivity (Wildman–Crippen MR) is 53.8 cm³/mol. The Labute approximate surface area is 89.9 Å². The van der Waals surface area contributed by atoms with Gasteiger partial charge in [0.2, 0.25) is 0 Å². The second-order valence-corrected chi connectivity index (χ2v) is 4.07. The molecule has 0 saturated carbocycles. The van der Waals surface area contributed by atoms with E-state index in [4.69, 9.17) is 14.2 Å². The van der Waals surface area contributed by atoms with Crippen LogP contribution < -0.4 is 0 Å². The highest BCUT2D eigenvalue weighted by Crippen LogP contribution is 2.18. The van der Waals surface area contributed by atoms with Crippen molar-refractivity contribution in [3.05, 3.63) is 0 Å². The van der Waals surface area contributed by atoms with Gasteiger partial charge >= 0.3 is 0 Å². The summed E-state index contributed by atoms with van der Waals surface area (Å²) in [4.78, 5) is 11.7. The maximum Gasteiger partial charge on any atom is 0.164 e. The van der Waals surface area contributed by atoms with Gasteiger partial charge in [0.05, 0.1) is 25.9 Å². The lowest BCUT2D eigenvalue weighted by atomic mass is 10.1. The topological polar surface area (TPSA) is 44.8 Å². The fourth-order valence-electron chi connectivity index (χ4n) is 2.01. The van der Waals surface area contributed by atoms with Gasteiger partial charge in [0.1, 0.15) is 6.10 Å². The van der Waals surface area contributed by atoms with Crippen molar-refractivity contribution >= 4 is 5.78 Å². The summed E-state index contributed by atoms with van der Waals surface area (Å²) >= 11 is 0. The zero-order valence-corrected chi connectivity index (χ0v) is 8.94. The maximum atomic E-state index is 11.7. The van der Waals surface area contributed by atoms with Crippen molar-refractivity contribution in [3.63, 3.8) is 0 Å². The molecule has 2 saturated heterocycles. The van der Waals surface area contributed by atoms with Crippen molar-refractivity contribution in [2.45, 2.75) is 37.9 Å². The summed E-state index contributed by atoms with van der Waals surface area (Å²) in [6, 6.07) is 0. The molecule has 2 aliphatic heterocycles. The summed E-state index contributed by atoms with van der Waals surface area (Å²) in [6.07, 6.45) is 3.56. The Hall–Kier alpha value is -0.450. The quantitative estimate of drug-likeness (QED) is 0.698. The van der Waals surface area contributed by atoms with Crippen LogP contribution in [0.3, 0.4) is 0 Å². The monoisotopic (exact) mass is 214 g/mol. The smallest absolute Gasteiger partial charge is 0.164 e. The van der Waals surface area contributed by atoms with E-state index in [9.17, 15) is 4.79 Å². The molecule has 0 aliphatic carbocycles. The molecule has 2 fully saturated rings. The van der Waals surface area contributed by atoms with Crippen molar-refractivity contribution < 1.29 is 19.0 Å². The lowest BCUT2D eigenvalue weighted by Crippen LogP contribution is -2.35. The summed E-state index contributed by atoms with van der Waals surface area (Å²) < 4.78 is 16.0. The molecular weight excluding hydrogens is 196 g/mol. The van der Waals surface area contributed by atoms with E-state index in [-0.39, 0.29) is 11.9 Å². The van der Waals surface area contributed by atoms with E-state index in [2.05, 4.69) is 0 Å². The molecule has 2 atom stereocenters. The van der Waals surface area contributed by atoms with Crippen molar-refractivity contribution in [2.24, 2.45) is 0 Å². The largest absolute Gasteiger partial charge is 0.378 e. The molecule has 0 radical (unpaired) electrons. The molecule has 0 bridgehead atoms. The molecule has 0 amide bonds. The van der Waals surface area contributed by atoms with E-state index in [0.29, 0.717) is 32.3 Å². The summed E-state index contributed by atoms with van der Waals surface area (Å²) in [5.41, 5.74) is 0. The van der Waals surface area contributed by atoms with Gasteiger partial charge in [0.25, 0.3) is 0 Å². The molecule has 0 N–H and O–H groups in total. The van der Waals surface area contributed by atoms with Gasteiger partial charge in [-0.3, -0.25) is 4.79 Å². The molecule has 4 nitrogen and oxygen atoms in total. The van der Waals surface area contributed by atoms with Gasteiger partial charge in [-0.1, -0.05) is 0 Å². The van der Waals surface area contributed by atoms with Gasteiger partial charge in [-0.05, 0) is 19.3 Å². The normalized spacial score (nSPS) is 31.7. The number of rotatable bonds is 4. The number of carbonyl (C=O) groups excluding carboxylic acids is 1. The van der Waals surface area contributed by atoms with Crippen LogP contribution in [0.5, 0.6) is 0 Å². The summed E-state index contributed by atoms with van der Waals surface area (Å²) in [5, 5.41) is 0. The molecule has 15 heavy (non-hydrogen) atoms. The molecule has 0 aromatic rings. The van der Waals surface area contributed by atoms with Gasteiger partial charge in [-0.15, -0.1) is 0 Å². The zero-order valence-electron chi connectivity index (χ0n) is 8.94. The fourth-order valence-corrected chi connectivity index (χ4v) is 2.01. The molecule has 2 rings (SSSR count). The fraction of sp³-hybridized carbons (Fsp3) is 0.909. The van der Waals surface area contributed by atoms with Gasteiger partial charge < -0.3 is 14.2 Å². The first-order chi connectivity index (χ1) is 7.36. The lowest BCUT2D eigenvalue weighted by Gasteiger charge is -2.22. The zero-order chi connectivity index (χ0) is 10.5. The van der Waals surface area contributed by atoms with Crippen LogP contribution in [-0.4, -0.2) is 44.4 Å². The SMILES string of the molecule is O=C(CCC1CCCO1)C1COCCO1. The Morgan fingerprint density at radius 3 is 2.80 bits per heavy atom. The van der Waals surface area contributed by atoms with E-state index in [1.807, 2.05) is 0 Å².